The molecule has 2 aromatic rings. The van der Waals surface area contributed by atoms with Crippen molar-refractivity contribution in [3.63, 3.8) is 0 Å². The molecule has 0 unspecified atom stereocenters. The molecule has 0 radical (unpaired) electrons. The lowest BCUT2D eigenvalue weighted by atomic mass is 9.90. The van der Waals surface area contributed by atoms with Crippen LogP contribution in [0.4, 0.5) is 0 Å². The van der Waals surface area contributed by atoms with Gasteiger partial charge in [-0.15, -0.1) is 0 Å². The number of methoxy groups -OCH3 is 2. The van der Waals surface area contributed by atoms with Crippen LogP contribution in [0.25, 0.3) is 0 Å². The predicted octanol–water partition coefficient (Wildman–Crippen LogP) is 3.37. The summed E-state index contributed by atoms with van der Waals surface area (Å²) in [5.41, 5.74) is 2.43. The summed E-state index contributed by atoms with van der Waals surface area (Å²) >= 11 is 0. The molecule has 5 nitrogen and oxygen atoms in total. The summed E-state index contributed by atoms with van der Waals surface area (Å²) in [6.07, 6.45) is 0.943. The standard InChI is InChI=1S/C19H22O5/c1-20-12-23-17-6-3-14(4-7-17)16-9-15-5-8-18(24-13-21-2)10-19(15)22-11-16/h3-8,10,16H,9,11-13H2,1-2H3/t16-/m1/s1. The zero-order valence-electron chi connectivity index (χ0n) is 14.0. The molecule has 1 atom stereocenters. The van der Waals surface area contributed by atoms with Crippen molar-refractivity contribution < 1.29 is 23.7 Å². The van der Waals surface area contributed by atoms with E-state index in [1.165, 1.54) is 11.1 Å². The maximum Gasteiger partial charge on any atom is 0.188 e. The summed E-state index contributed by atoms with van der Waals surface area (Å²) in [6, 6.07) is 14.0. The fraction of sp³-hybridized carbons (Fsp3) is 0.368. The van der Waals surface area contributed by atoms with Crippen molar-refractivity contribution in [3.8, 4) is 17.2 Å². The van der Waals surface area contributed by atoms with E-state index in [0.29, 0.717) is 12.5 Å². The van der Waals surface area contributed by atoms with Gasteiger partial charge in [0.05, 0.1) is 6.61 Å². The third kappa shape index (κ3) is 3.99. The molecule has 0 aliphatic carbocycles. The molecule has 0 aromatic heterocycles. The van der Waals surface area contributed by atoms with E-state index in [4.69, 9.17) is 23.7 Å². The van der Waals surface area contributed by atoms with Crippen molar-refractivity contribution >= 4 is 0 Å². The highest BCUT2D eigenvalue weighted by Gasteiger charge is 2.22. The maximum absolute atomic E-state index is 5.93. The zero-order valence-corrected chi connectivity index (χ0v) is 14.0. The molecule has 3 rings (SSSR count). The Kier molecular flexibility index (Phi) is 5.56. The third-order valence-electron chi connectivity index (χ3n) is 3.98. The Bertz CT molecular complexity index is 653. The predicted molar refractivity (Wildman–Crippen MR) is 89.8 cm³/mol. The van der Waals surface area contributed by atoms with Gasteiger partial charge < -0.3 is 23.7 Å². The van der Waals surface area contributed by atoms with Crippen LogP contribution in [-0.2, 0) is 15.9 Å². The van der Waals surface area contributed by atoms with Gasteiger partial charge in [0.25, 0.3) is 0 Å². The largest absolute Gasteiger partial charge is 0.493 e. The van der Waals surface area contributed by atoms with Crippen molar-refractivity contribution in [2.45, 2.75) is 12.3 Å². The monoisotopic (exact) mass is 330 g/mol. The van der Waals surface area contributed by atoms with Crippen LogP contribution in [-0.4, -0.2) is 34.4 Å². The van der Waals surface area contributed by atoms with E-state index in [0.717, 1.165) is 23.7 Å². The second-order valence-electron chi connectivity index (χ2n) is 5.65. The molecular formula is C19H22O5. The van der Waals surface area contributed by atoms with Crippen LogP contribution in [0, 0.1) is 0 Å². The lowest BCUT2D eigenvalue weighted by Gasteiger charge is -2.26. The molecule has 0 saturated heterocycles. The first-order chi connectivity index (χ1) is 11.8. The highest BCUT2D eigenvalue weighted by molar-refractivity contribution is 5.44. The number of hydrogen-bond donors (Lipinski definition) is 0. The first kappa shape index (κ1) is 16.6. The van der Waals surface area contributed by atoms with Gasteiger partial charge in [-0.3, -0.25) is 0 Å². The normalized spacial score (nSPS) is 16.2. The van der Waals surface area contributed by atoms with Crippen LogP contribution in [0.15, 0.2) is 42.5 Å². The molecule has 5 heteroatoms. The molecular weight excluding hydrogens is 308 g/mol. The average Bonchev–Trinajstić information content (AvgIpc) is 2.64. The highest BCUT2D eigenvalue weighted by atomic mass is 16.7. The van der Waals surface area contributed by atoms with E-state index < -0.39 is 0 Å². The van der Waals surface area contributed by atoms with Crippen LogP contribution in [0.5, 0.6) is 17.2 Å². The van der Waals surface area contributed by atoms with Crippen molar-refractivity contribution in [2.75, 3.05) is 34.4 Å². The zero-order chi connectivity index (χ0) is 16.8. The smallest absolute Gasteiger partial charge is 0.188 e. The van der Waals surface area contributed by atoms with Crippen LogP contribution in [0.1, 0.15) is 17.0 Å². The quantitative estimate of drug-likeness (QED) is 0.729. The molecule has 24 heavy (non-hydrogen) atoms. The van der Waals surface area contributed by atoms with Gasteiger partial charge in [-0.2, -0.15) is 0 Å². The third-order valence-corrected chi connectivity index (χ3v) is 3.98. The molecule has 0 N–H and O–H groups in total. The number of benzene rings is 2. The van der Waals surface area contributed by atoms with E-state index >= 15 is 0 Å². The summed E-state index contributed by atoms with van der Waals surface area (Å²) in [7, 11) is 3.21. The van der Waals surface area contributed by atoms with Crippen molar-refractivity contribution in [1.82, 2.24) is 0 Å². The summed E-state index contributed by atoms with van der Waals surface area (Å²) in [4.78, 5) is 0. The van der Waals surface area contributed by atoms with E-state index in [-0.39, 0.29) is 13.6 Å². The fourth-order valence-corrected chi connectivity index (χ4v) is 2.75. The molecule has 0 amide bonds. The second kappa shape index (κ2) is 8.04. The second-order valence-corrected chi connectivity index (χ2v) is 5.65. The molecule has 0 saturated carbocycles. The van der Waals surface area contributed by atoms with Gasteiger partial charge in [-0.05, 0) is 35.7 Å². The lowest BCUT2D eigenvalue weighted by Crippen LogP contribution is -2.19. The summed E-state index contributed by atoms with van der Waals surface area (Å²) in [5, 5.41) is 0. The molecule has 1 aliphatic rings. The Balaban J connectivity index is 1.66. The van der Waals surface area contributed by atoms with Crippen LogP contribution in [0.2, 0.25) is 0 Å². The maximum atomic E-state index is 5.93. The van der Waals surface area contributed by atoms with Gasteiger partial charge in [-0.1, -0.05) is 18.2 Å². The van der Waals surface area contributed by atoms with Crippen LogP contribution < -0.4 is 14.2 Å². The summed E-state index contributed by atoms with van der Waals surface area (Å²) in [6.45, 7) is 1.14. The van der Waals surface area contributed by atoms with Crippen molar-refractivity contribution in [1.29, 1.82) is 0 Å². The summed E-state index contributed by atoms with van der Waals surface area (Å²) in [5.74, 6) is 2.78. The van der Waals surface area contributed by atoms with Crippen LogP contribution in [0.3, 0.4) is 0 Å². The fourth-order valence-electron chi connectivity index (χ4n) is 2.75. The average molecular weight is 330 g/mol. The van der Waals surface area contributed by atoms with Gasteiger partial charge in [-0.25, -0.2) is 0 Å². The molecule has 2 aromatic carbocycles. The van der Waals surface area contributed by atoms with Gasteiger partial charge >= 0.3 is 0 Å². The Morgan fingerprint density at radius 2 is 1.58 bits per heavy atom. The topological polar surface area (TPSA) is 46.2 Å². The van der Waals surface area contributed by atoms with Crippen LogP contribution >= 0.6 is 0 Å². The SMILES string of the molecule is COCOc1ccc([C@H]2COc3cc(OCOC)ccc3C2)cc1. The van der Waals surface area contributed by atoms with Gasteiger partial charge in [0.2, 0.25) is 0 Å². The van der Waals surface area contributed by atoms with E-state index in [2.05, 4.69) is 18.2 Å². The lowest BCUT2D eigenvalue weighted by molar-refractivity contribution is 0.0507. The molecule has 0 bridgehead atoms. The summed E-state index contributed by atoms with van der Waals surface area (Å²) < 4.78 is 26.6. The number of fused-ring (bicyclic) bond motifs is 1. The first-order valence-corrected chi connectivity index (χ1v) is 7.89. The molecule has 128 valence electrons. The van der Waals surface area contributed by atoms with Gasteiger partial charge in [0.1, 0.15) is 17.2 Å². The number of ether oxygens (including phenoxy) is 5. The molecule has 0 fully saturated rings. The Labute approximate surface area is 142 Å². The van der Waals surface area contributed by atoms with Crippen molar-refractivity contribution in [2.24, 2.45) is 0 Å². The Hall–Kier alpha value is -2.24. The number of hydrogen-bond acceptors (Lipinski definition) is 5. The Morgan fingerprint density at radius 3 is 2.29 bits per heavy atom. The van der Waals surface area contributed by atoms with Gasteiger partial charge in [0, 0.05) is 26.2 Å². The molecule has 1 aliphatic heterocycles. The molecule has 1 heterocycles. The highest BCUT2D eigenvalue weighted by Crippen LogP contribution is 2.35. The molecule has 0 spiro atoms. The minimum atomic E-state index is 0.235. The van der Waals surface area contributed by atoms with Crippen molar-refractivity contribution in [3.05, 3.63) is 53.6 Å². The minimum Gasteiger partial charge on any atom is -0.493 e. The van der Waals surface area contributed by atoms with Gasteiger partial charge in [0.15, 0.2) is 13.6 Å². The van der Waals surface area contributed by atoms with E-state index in [1.807, 2.05) is 24.3 Å². The van der Waals surface area contributed by atoms with E-state index in [1.54, 1.807) is 14.2 Å². The van der Waals surface area contributed by atoms with E-state index in [9.17, 15) is 0 Å². The Morgan fingerprint density at radius 1 is 0.917 bits per heavy atom. The number of rotatable bonds is 7. The first-order valence-electron chi connectivity index (χ1n) is 7.89. The minimum absolute atomic E-state index is 0.235.